The lowest BCUT2D eigenvalue weighted by Gasteiger charge is -2.49. The van der Waals surface area contributed by atoms with Gasteiger partial charge in [0.1, 0.15) is 17.3 Å². The van der Waals surface area contributed by atoms with E-state index < -0.39 is 0 Å². The number of aromatic hydroxyl groups is 1. The van der Waals surface area contributed by atoms with E-state index in [2.05, 4.69) is 42.9 Å². The molecule has 1 aliphatic carbocycles. The molecule has 2 heterocycles. The highest BCUT2D eigenvalue weighted by atomic mass is 16.5. The number of phenols is 1. The van der Waals surface area contributed by atoms with Crippen molar-refractivity contribution in [1.82, 2.24) is 15.2 Å². The first-order chi connectivity index (χ1) is 16.8. The highest BCUT2D eigenvalue weighted by molar-refractivity contribution is 5.77. The molecule has 8 nitrogen and oxygen atoms in total. The Hall–Kier alpha value is -3.13. The molecule has 36 heavy (non-hydrogen) atoms. The SMILES string of the molecule is Cc1cnc(-c2cc(O)c(/C(N)=C/C=C(\N)N(C)C3CC(C)(C)NC(C)(C)C3)c(OCC3CC3)c2)o1. The number of phenolic OH excluding ortho intramolecular Hbond substituents is 1. The summed E-state index contributed by atoms with van der Waals surface area (Å²) in [6.07, 6.45) is 9.44. The highest BCUT2D eigenvalue weighted by Crippen LogP contribution is 2.39. The average Bonchev–Trinajstić information content (AvgIpc) is 3.50. The lowest BCUT2D eigenvalue weighted by molar-refractivity contribution is 0.0981. The van der Waals surface area contributed by atoms with Gasteiger partial charge < -0.3 is 35.9 Å². The fourth-order valence-corrected chi connectivity index (χ4v) is 5.24. The predicted octanol–water partition coefficient (Wildman–Crippen LogP) is 4.49. The molecular formula is C28H41N5O3. The van der Waals surface area contributed by atoms with Crippen LogP contribution in [-0.4, -0.2) is 45.8 Å². The second-order valence-electron chi connectivity index (χ2n) is 11.7. The van der Waals surface area contributed by atoms with Gasteiger partial charge in [0.15, 0.2) is 0 Å². The van der Waals surface area contributed by atoms with Crippen LogP contribution in [0, 0.1) is 12.8 Å². The highest BCUT2D eigenvalue weighted by Gasteiger charge is 2.39. The molecule has 0 bridgehead atoms. The van der Waals surface area contributed by atoms with E-state index in [0.717, 1.165) is 25.7 Å². The van der Waals surface area contributed by atoms with Crippen LogP contribution in [0.3, 0.4) is 0 Å². The molecule has 0 radical (unpaired) electrons. The summed E-state index contributed by atoms with van der Waals surface area (Å²) in [6.45, 7) is 11.3. The molecule has 0 unspecified atom stereocenters. The van der Waals surface area contributed by atoms with Crippen molar-refractivity contribution in [3.8, 4) is 23.0 Å². The first-order valence-corrected chi connectivity index (χ1v) is 12.7. The van der Waals surface area contributed by atoms with Crippen LogP contribution in [0.25, 0.3) is 17.2 Å². The maximum atomic E-state index is 10.9. The minimum atomic E-state index is 0.00470. The zero-order chi connectivity index (χ0) is 26.3. The predicted molar refractivity (Wildman–Crippen MR) is 143 cm³/mol. The molecule has 4 rings (SSSR count). The van der Waals surface area contributed by atoms with E-state index >= 15 is 0 Å². The molecule has 8 heteroatoms. The topological polar surface area (TPSA) is 123 Å². The normalized spacial score (nSPS) is 20.4. The van der Waals surface area contributed by atoms with Gasteiger partial charge in [-0.05, 0) is 90.5 Å². The Balaban J connectivity index is 1.60. The molecule has 6 N–H and O–H groups in total. The number of hydrogen-bond acceptors (Lipinski definition) is 8. The number of nitrogens with two attached hydrogens (primary N) is 2. The van der Waals surface area contributed by atoms with Crippen molar-refractivity contribution >= 4 is 5.70 Å². The number of aryl methyl sites for hydroxylation is 1. The molecule has 1 aliphatic heterocycles. The number of aromatic nitrogens is 1. The number of oxazole rings is 1. The summed E-state index contributed by atoms with van der Waals surface area (Å²) in [5.41, 5.74) is 14.4. The van der Waals surface area contributed by atoms with Crippen molar-refractivity contribution in [2.24, 2.45) is 17.4 Å². The molecule has 1 aromatic carbocycles. The van der Waals surface area contributed by atoms with Gasteiger partial charge in [0.25, 0.3) is 0 Å². The van der Waals surface area contributed by atoms with Crippen LogP contribution in [0.2, 0.25) is 0 Å². The Bertz CT molecular complexity index is 1140. The minimum Gasteiger partial charge on any atom is -0.507 e. The fraction of sp³-hybridized carbons (Fsp3) is 0.536. The Morgan fingerprint density at radius 1 is 1.19 bits per heavy atom. The molecule has 1 saturated carbocycles. The van der Waals surface area contributed by atoms with Gasteiger partial charge in [0.05, 0.1) is 24.2 Å². The van der Waals surface area contributed by atoms with Gasteiger partial charge in [0, 0.05) is 35.4 Å². The van der Waals surface area contributed by atoms with E-state index in [4.69, 9.17) is 20.6 Å². The molecular weight excluding hydrogens is 454 g/mol. The first kappa shape index (κ1) is 25.9. The Morgan fingerprint density at radius 3 is 2.44 bits per heavy atom. The number of nitrogens with zero attached hydrogens (tertiary/aromatic N) is 2. The minimum absolute atomic E-state index is 0.00470. The number of rotatable bonds is 8. The third-order valence-corrected chi connectivity index (χ3v) is 6.97. The number of nitrogens with one attached hydrogen (secondary N) is 1. The Kier molecular flexibility index (Phi) is 7.01. The molecule has 1 aromatic heterocycles. The zero-order valence-electron chi connectivity index (χ0n) is 22.4. The van der Waals surface area contributed by atoms with Crippen LogP contribution in [0.15, 0.2) is 40.7 Å². The summed E-state index contributed by atoms with van der Waals surface area (Å²) in [4.78, 5) is 6.40. The van der Waals surface area contributed by atoms with Crippen molar-refractivity contribution in [2.45, 2.75) is 77.4 Å². The molecule has 0 spiro atoms. The van der Waals surface area contributed by atoms with Gasteiger partial charge in [-0.25, -0.2) is 4.98 Å². The van der Waals surface area contributed by atoms with Crippen molar-refractivity contribution in [3.63, 3.8) is 0 Å². The van der Waals surface area contributed by atoms with E-state index in [1.807, 2.05) is 20.0 Å². The molecule has 2 fully saturated rings. The maximum Gasteiger partial charge on any atom is 0.226 e. The molecule has 0 amide bonds. The molecule has 2 aromatic rings. The fourth-order valence-electron chi connectivity index (χ4n) is 5.24. The average molecular weight is 496 g/mol. The molecule has 1 saturated heterocycles. The van der Waals surface area contributed by atoms with Crippen LogP contribution >= 0.6 is 0 Å². The molecule has 196 valence electrons. The molecule has 2 aliphatic rings. The van der Waals surface area contributed by atoms with Crippen molar-refractivity contribution < 1.29 is 14.3 Å². The summed E-state index contributed by atoms with van der Waals surface area (Å²) < 4.78 is 11.8. The van der Waals surface area contributed by atoms with E-state index in [1.165, 1.54) is 0 Å². The van der Waals surface area contributed by atoms with Gasteiger partial charge in [0.2, 0.25) is 5.89 Å². The summed E-state index contributed by atoms with van der Waals surface area (Å²) >= 11 is 0. The second kappa shape index (κ2) is 9.73. The maximum absolute atomic E-state index is 10.9. The standard InChI is InChI=1S/C28H41N5O3/c1-17-15-31-26(36-17)19-11-22(34)25(23(12-19)35-16-18-7-8-18)21(29)9-10-24(30)33(6)20-13-27(2,3)32-28(4,5)14-20/h9-12,15,18,20,32,34H,7-8,13-14,16,29-30H2,1-6H3/b21-9-,24-10+. The van der Waals surface area contributed by atoms with Gasteiger partial charge in [-0.1, -0.05) is 0 Å². The van der Waals surface area contributed by atoms with Crippen molar-refractivity contribution in [3.05, 3.63) is 47.6 Å². The van der Waals surface area contributed by atoms with Crippen LogP contribution in [0.5, 0.6) is 11.5 Å². The number of allylic oxidation sites excluding steroid dienone is 2. The van der Waals surface area contributed by atoms with Crippen molar-refractivity contribution in [1.29, 1.82) is 0 Å². The lowest BCUT2D eigenvalue weighted by atomic mass is 9.79. The first-order valence-electron chi connectivity index (χ1n) is 12.7. The summed E-state index contributed by atoms with van der Waals surface area (Å²) in [5, 5.41) is 14.7. The third kappa shape index (κ3) is 6.16. The Labute approximate surface area is 214 Å². The third-order valence-electron chi connectivity index (χ3n) is 6.97. The summed E-state index contributed by atoms with van der Waals surface area (Å²) in [5.74, 6) is 2.78. The monoisotopic (exact) mass is 495 g/mol. The van der Waals surface area contributed by atoms with E-state index in [-0.39, 0.29) is 22.9 Å². The van der Waals surface area contributed by atoms with Crippen LogP contribution < -0.4 is 21.5 Å². The second-order valence-corrected chi connectivity index (χ2v) is 11.7. The van der Waals surface area contributed by atoms with Gasteiger partial charge in [-0.15, -0.1) is 0 Å². The summed E-state index contributed by atoms with van der Waals surface area (Å²) in [7, 11) is 2.02. The molecule has 0 atom stereocenters. The smallest absolute Gasteiger partial charge is 0.226 e. The lowest BCUT2D eigenvalue weighted by Crippen LogP contribution is -2.61. The van der Waals surface area contributed by atoms with Gasteiger partial charge in [-0.3, -0.25) is 0 Å². The number of piperidine rings is 1. The van der Waals surface area contributed by atoms with E-state index in [1.54, 1.807) is 24.4 Å². The van der Waals surface area contributed by atoms with Crippen LogP contribution in [0.1, 0.15) is 64.7 Å². The van der Waals surface area contributed by atoms with Gasteiger partial charge in [-0.2, -0.15) is 0 Å². The van der Waals surface area contributed by atoms with Gasteiger partial charge >= 0.3 is 0 Å². The number of benzene rings is 1. The van der Waals surface area contributed by atoms with Crippen LogP contribution in [-0.2, 0) is 0 Å². The zero-order valence-corrected chi connectivity index (χ0v) is 22.4. The number of ether oxygens (including phenoxy) is 1. The van der Waals surface area contributed by atoms with E-state index in [9.17, 15) is 5.11 Å². The quantitative estimate of drug-likeness (QED) is 0.395. The largest absolute Gasteiger partial charge is 0.507 e. The Morgan fingerprint density at radius 2 is 1.86 bits per heavy atom. The number of hydrogen-bond donors (Lipinski definition) is 4. The van der Waals surface area contributed by atoms with E-state index in [0.29, 0.717) is 52.6 Å². The van der Waals surface area contributed by atoms with Crippen molar-refractivity contribution in [2.75, 3.05) is 13.7 Å². The summed E-state index contributed by atoms with van der Waals surface area (Å²) in [6, 6.07) is 3.71. The van der Waals surface area contributed by atoms with Crippen LogP contribution in [0.4, 0.5) is 0 Å².